The van der Waals surface area contributed by atoms with Crippen molar-refractivity contribution in [1.29, 1.82) is 0 Å². The van der Waals surface area contributed by atoms with Crippen molar-refractivity contribution in [1.82, 2.24) is 5.32 Å². The van der Waals surface area contributed by atoms with Gasteiger partial charge in [0.15, 0.2) is 0 Å². The summed E-state index contributed by atoms with van der Waals surface area (Å²) in [6, 6.07) is 0. The van der Waals surface area contributed by atoms with Gasteiger partial charge in [0.2, 0.25) is 0 Å². The Bertz CT molecular complexity index is 146. The Morgan fingerprint density at radius 3 is 2.67 bits per heavy atom. The molecular formula is C10H19NO. The highest BCUT2D eigenvalue weighted by Gasteiger charge is 2.34. The summed E-state index contributed by atoms with van der Waals surface area (Å²) in [6.45, 7) is 2.28. The van der Waals surface area contributed by atoms with Crippen LogP contribution < -0.4 is 5.32 Å². The normalized spacial score (nSPS) is 34.2. The van der Waals surface area contributed by atoms with Crippen molar-refractivity contribution in [2.24, 2.45) is 5.92 Å². The number of nitrogens with one attached hydrogen (secondary N) is 1. The molecule has 1 heterocycles. The highest BCUT2D eigenvalue weighted by atomic mass is 16.3. The molecule has 2 nitrogen and oxygen atoms in total. The Balaban J connectivity index is 1.83. The lowest BCUT2D eigenvalue weighted by atomic mass is 9.89. The van der Waals surface area contributed by atoms with Crippen LogP contribution in [0.1, 0.15) is 38.5 Å². The van der Waals surface area contributed by atoms with Crippen molar-refractivity contribution in [3.8, 4) is 0 Å². The van der Waals surface area contributed by atoms with E-state index in [0.29, 0.717) is 0 Å². The maximum Gasteiger partial charge on any atom is 0.0651 e. The van der Waals surface area contributed by atoms with Crippen LogP contribution in [0.3, 0.4) is 0 Å². The summed E-state index contributed by atoms with van der Waals surface area (Å²) in [5.41, 5.74) is -0.281. The fourth-order valence-corrected chi connectivity index (χ4v) is 2.66. The standard InChI is InChI=1S/C10H19NO/c12-10(4-1-2-5-10)7-9-3-6-11-8-9/h9,11-12H,1-8H2. The van der Waals surface area contributed by atoms with Crippen LogP contribution in [0.25, 0.3) is 0 Å². The number of rotatable bonds is 2. The van der Waals surface area contributed by atoms with E-state index in [2.05, 4.69) is 5.32 Å². The summed E-state index contributed by atoms with van der Waals surface area (Å²) >= 11 is 0. The topological polar surface area (TPSA) is 32.3 Å². The summed E-state index contributed by atoms with van der Waals surface area (Å²) in [7, 11) is 0. The Hall–Kier alpha value is -0.0800. The molecule has 0 amide bonds. The molecule has 1 saturated heterocycles. The zero-order valence-corrected chi connectivity index (χ0v) is 7.68. The van der Waals surface area contributed by atoms with Gasteiger partial charge in [0, 0.05) is 0 Å². The fourth-order valence-electron chi connectivity index (χ4n) is 2.66. The van der Waals surface area contributed by atoms with Crippen LogP contribution in [0.2, 0.25) is 0 Å². The van der Waals surface area contributed by atoms with Gasteiger partial charge in [-0.1, -0.05) is 12.8 Å². The second kappa shape index (κ2) is 3.35. The van der Waals surface area contributed by atoms with Gasteiger partial charge in [0.05, 0.1) is 5.60 Å². The lowest BCUT2D eigenvalue weighted by molar-refractivity contribution is 0.0246. The third-order valence-electron chi connectivity index (χ3n) is 3.37. The van der Waals surface area contributed by atoms with Crippen molar-refractivity contribution in [3.63, 3.8) is 0 Å². The second-order valence-corrected chi connectivity index (χ2v) is 4.49. The van der Waals surface area contributed by atoms with E-state index in [-0.39, 0.29) is 5.60 Å². The predicted molar refractivity (Wildman–Crippen MR) is 49.0 cm³/mol. The largest absolute Gasteiger partial charge is 0.390 e. The van der Waals surface area contributed by atoms with Crippen LogP contribution in [-0.2, 0) is 0 Å². The Morgan fingerprint density at radius 1 is 1.33 bits per heavy atom. The molecule has 0 bridgehead atoms. The molecule has 2 aliphatic rings. The van der Waals surface area contributed by atoms with Crippen LogP contribution in [-0.4, -0.2) is 23.8 Å². The molecule has 2 fully saturated rings. The molecule has 2 heteroatoms. The average Bonchev–Trinajstić information content (AvgIpc) is 2.62. The summed E-state index contributed by atoms with van der Waals surface area (Å²) < 4.78 is 0. The summed E-state index contributed by atoms with van der Waals surface area (Å²) in [4.78, 5) is 0. The van der Waals surface area contributed by atoms with Gasteiger partial charge in [-0.2, -0.15) is 0 Å². The van der Waals surface area contributed by atoms with Gasteiger partial charge in [-0.05, 0) is 44.7 Å². The zero-order chi connectivity index (χ0) is 8.44. The zero-order valence-electron chi connectivity index (χ0n) is 7.68. The van der Waals surface area contributed by atoms with Crippen molar-refractivity contribution >= 4 is 0 Å². The Labute approximate surface area is 74.4 Å². The van der Waals surface area contributed by atoms with Gasteiger partial charge in [0.25, 0.3) is 0 Å². The molecule has 0 aromatic carbocycles. The van der Waals surface area contributed by atoms with Gasteiger partial charge in [-0.25, -0.2) is 0 Å². The van der Waals surface area contributed by atoms with E-state index in [1.165, 1.54) is 19.3 Å². The highest BCUT2D eigenvalue weighted by Crippen LogP contribution is 2.35. The minimum atomic E-state index is -0.281. The quantitative estimate of drug-likeness (QED) is 0.653. The summed E-state index contributed by atoms with van der Waals surface area (Å²) in [6.07, 6.45) is 6.86. The number of aliphatic hydroxyl groups is 1. The molecule has 1 atom stereocenters. The van der Waals surface area contributed by atoms with E-state index in [1.54, 1.807) is 0 Å². The first kappa shape index (κ1) is 8.52. The average molecular weight is 169 g/mol. The number of hydrogen-bond donors (Lipinski definition) is 2. The molecule has 1 aliphatic carbocycles. The van der Waals surface area contributed by atoms with Crippen LogP contribution >= 0.6 is 0 Å². The van der Waals surface area contributed by atoms with Gasteiger partial charge in [0.1, 0.15) is 0 Å². The molecule has 12 heavy (non-hydrogen) atoms. The predicted octanol–water partition coefficient (Wildman–Crippen LogP) is 1.29. The minimum absolute atomic E-state index is 0.281. The van der Waals surface area contributed by atoms with E-state index in [0.717, 1.165) is 38.3 Å². The first-order valence-electron chi connectivity index (χ1n) is 5.22. The van der Waals surface area contributed by atoms with E-state index in [1.807, 2.05) is 0 Å². The van der Waals surface area contributed by atoms with Crippen LogP contribution in [0.15, 0.2) is 0 Å². The van der Waals surface area contributed by atoms with Crippen LogP contribution in [0, 0.1) is 5.92 Å². The molecule has 0 aromatic rings. The van der Waals surface area contributed by atoms with Gasteiger partial charge in [-0.15, -0.1) is 0 Å². The van der Waals surface area contributed by atoms with Crippen LogP contribution in [0.4, 0.5) is 0 Å². The summed E-state index contributed by atoms with van der Waals surface area (Å²) in [5, 5.41) is 13.5. The van der Waals surface area contributed by atoms with E-state index >= 15 is 0 Å². The second-order valence-electron chi connectivity index (χ2n) is 4.49. The third-order valence-corrected chi connectivity index (χ3v) is 3.37. The molecular weight excluding hydrogens is 150 g/mol. The van der Waals surface area contributed by atoms with Crippen molar-refractivity contribution < 1.29 is 5.11 Å². The molecule has 2 N–H and O–H groups in total. The first-order chi connectivity index (χ1) is 5.79. The molecule has 0 aromatic heterocycles. The Morgan fingerprint density at radius 2 is 2.08 bits per heavy atom. The van der Waals surface area contributed by atoms with E-state index in [4.69, 9.17) is 0 Å². The minimum Gasteiger partial charge on any atom is -0.390 e. The first-order valence-corrected chi connectivity index (χ1v) is 5.22. The lowest BCUT2D eigenvalue weighted by Crippen LogP contribution is -2.28. The maximum atomic E-state index is 10.1. The molecule has 2 rings (SSSR count). The molecule has 70 valence electrons. The summed E-state index contributed by atoms with van der Waals surface area (Å²) in [5.74, 6) is 0.744. The smallest absolute Gasteiger partial charge is 0.0651 e. The molecule has 1 aliphatic heterocycles. The van der Waals surface area contributed by atoms with Crippen LogP contribution in [0.5, 0.6) is 0 Å². The third kappa shape index (κ3) is 1.80. The van der Waals surface area contributed by atoms with Crippen molar-refractivity contribution in [3.05, 3.63) is 0 Å². The maximum absolute atomic E-state index is 10.1. The molecule has 1 unspecified atom stereocenters. The molecule has 1 saturated carbocycles. The highest BCUT2D eigenvalue weighted by molar-refractivity contribution is 4.88. The molecule has 0 spiro atoms. The van der Waals surface area contributed by atoms with Gasteiger partial charge >= 0.3 is 0 Å². The van der Waals surface area contributed by atoms with E-state index < -0.39 is 0 Å². The SMILES string of the molecule is OC1(CC2CCNC2)CCCC1. The lowest BCUT2D eigenvalue weighted by Gasteiger charge is -2.25. The van der Waals surface area contributed by atoms with Gasteiger partial charge < -0.3 is 10.4 Å². The van der Waals surface area contributed by atoms with Crippen molar-refractivity contribution in [2.75, 3.05) is 13.1 Å². The van der Waals surface area contributed by atoms with Crippen molar-refractivity contribution in [2.45, 2.75) is 44.1 Å². The molecule has 0 radical (unpaired) electrons. The Kier molecular flexibility index (Phi) is 2.37. The van der Waals surface area contributed by atoms with E-state index in [9.17, 15) is 5.11 Å². The monoisotopic (exact) mass is 169 g/mol. The number of hydrogen-bond acceptors (Lipinski definition) is 2. The fraction of sp³-hybridized carbons (Fsp3) is 1.00. The van der Waals surface area contributed by atoms with Gasteiger partial charge in [-0.3, -0.25) is 0 Å².